The summed E-state index contributed by atoms with van der Waals surface area (Å²) in [5, 5.41) is 8.76. The molecule has 1 unspecified atom stereocenters. The van der Waals surface area contributed by atoms with Crippen LogP contribution < -0.4 is 4.74 Å². The lowest BCUT2D eigenvalue weighted by atomic mass is 10.1. The maximum Gasteiger partial charge on any atom is 0.310 e. The minimum atomic E-state index is -0.456. The van der Waals surface area contributed by atoms with Gasteiger partial charge in [0.2, 0.25) is 0 Å². The highest BCUT2D eigenvalue weighted by Gasteiger charge is 2.22. The molecule has 1 aromatic rings. The summed E-state index contributed by atoms with van der Waals surface area (Å²) >= 11 is 0. The second kappa shape index (κ2) is 11.5. The number of carbonyl (C=O) groups excluding carboxylic acids is 2. The van der Waals surface area contributed by atoms with E-state index in [1.165, 1.54) is 12.0 Å². The van der Waals surface area contributed by atoms with Crippen LogP contribution in [0.5, 0.6) is 5.75 Å². The summed E-state index contributed by atoms with van der Waals surface area (Å²) < 4.78 is 15.6. The second-order valence-corrected chi connectivity index (χ2v) is 6.09. The van der Waals surface area contributed by atoms with Gasteiger partial charge in [0.15, 0.2) is 6.61 Å². The SMILES string of the molecule is COC(=O)C(C)CN(CCOCCO)C(=O)COc1cccc(C)c1C. The summed E-state index contributed by atoms with van der Waals surface area (Å²) in [5.74, 6) is -0.415. The number of benzene rings is 1. The lowest BCUT2D eigenvalue weighted by molar-refractivity contribution is -0.147. The molecular weight excluding hydrogens is 338 g/mol. The van der Waals surface area contributed by atoms with Crippen LogP contribution in [0, 0.1) is 19.8 Å². The highest BCUT2D eigenvalue weighted by atomic mass is 16.5. The molecule has 1 amide bonds. The van der Waals surface area contributed by atoms with Crippen molar-refractivity contribution in [2.45, 2.75) is 20.8 Å². The topological polar surface area (TPSA) is 85.3 Å². The lowest BCUT2D eigenvalue weighted by Crippen LogP contribution is -2.41. The lowest BCUT2D eigenvalue weighted by Gasteiger charge is -2.25. The van der Waals surface area contributed by atoms with Crippen LogP contribution in [0.1, 0.15) is 18.1 Å². The molecule has 1 rings (SSSR count). The summed E-state index contributed by atoms with van der Waals surface area (Å²) in [6.07, 6.45) is 0. The number of esters is 1. The van der Waals surface area contributed by atoms with Crippen molar-refractivity contribution in [3.63, 3.8) is 0 Å². The molecule has 26 heavy (non-hydrogen) atoms. The summed E-state index contributed by atoms with van der Waals surface area (Å²) in [6, 6.07) is 5.68. The van der Waals surface area contributed by atoms with Crippen molar-refractivity contribution >= 4 is 11.9 Å². The number of aliphatic hydroxyl groups is 1. The van der Waals surface area contributed by atoms with Gasteiger partial charge in [0.25, 0.3) is 5.91 Å². The maximum atomic E-state index is 12.6. The van der Waals surface area contributed by atoms with E-state index in [2.05, 4.69) is 0 Å². The summed E-state index contributed by atoms with van der Waals surface area (Å²) in [6.45, 7) is 6.40. The molecule has 0 aliphatic rings. The van der Waals surface area contributed by atoms with E-state index in [1.807, 2.05) is 32.0 Å². The first-order chi connectivity index (χ1) is 12.4. The zero-order valence-corrected chi connectivity index (χ0v) is 16.0. The molecule has 0 aromatic heterocycles. The number of aryl methyl sites for hydroxylation is 1. The fourth-order valence-electron chi connectivity index (χ4n) is 2.38. The van der Waals surface area contributed by atoms with Crippen LogP contribution in [0.4, 0.5) is 0 Å². The third-order valence-corrected chi connectivity index (χ3v) is 4.10. The molecule has 0 bridgehead atoms. The molecule has 0 saturated carbocycles. The quantitative estimate of drug-likeness (QED) is 0.469. The second-order valence-electron chi connectivity index (χ2n) is 6.09. The third-order valence-electron chi connectivity index (χ3n) is 4.10. The Kier molecular flexibility index (Phi) is 9.69. The van der Waals surface area contributed by atoms with E-state index in [0.29, 0.717) is 12.3 Å². The Labute approximate surface area is 154 Å². The van der Waals surface area contributed by atoms with Gasteiger partial charge in [-0.05, 0) is 31.0 Å². The molecule has 0 saturated heterocycles. The van der Waals surface area contributed by atoms with Crippen molar-refractivity contribution < 1.29 is 28.9 Å². The Morgan fingerprint density at radius 2 is 1.96 bits per heavy atom. The molecule has 146 valence electrons. The molecular formula is C19H29NO6. The van der Waals surface area contributed by atoms with Crippen molar-refractivity contribution in [2.24, 2.45) is 5.92 Å². The molecule has 1 atom stereocenters. The van der Waals surface area contributed by atoms with Gasteiger partial charge in [0.1, 0.15) is 5.75 Å². The minimum absolute atomic E-state index is 0.0811. The molecule has 0 heterocycles. The van der Waals surface area contributed by atoms with E-state index in [-0.39, 0.29) is 44.8 Å². The monoisotopic (exact) mass is 367 g/mol. The fourth-order valence-corrected chi connectivity index (χ4v) is 2.38. The molecule has 1 aromatic carbocycles. The van der Waals surface area contributed by atoms with E-state index in [1.54, 1.807) is 6.92 Å². The zero-order valence-electron chi connectivity index (χ0n) is 16.0. The van der Waals surface area contributed by atoms with Crippen LogP contribution in [-0.2, 0) is 19.1 Å². The number of rotatable bonds is 11. The summed E-state index contributed by atoms with van der Waals surface area (Å²) in [5.41, 5.74) is 2.07. The van der Waals surface area contributed by atoms with Gasteiger partial charge in [0.05, 0.1) is 32.8 Å². The van der Waals surface area contributed by atoms with Gasteiger partial charge in [-0.1, -0.05) is 19.1 Å². The van der Waals surface area contributed by atoms with Gasteiger partial charge < -0.3 is 24.2 Å². The molecule has 0 aliphatic carbocycles. The molecule has 0 aliphatic heterocycles. The van der Waals surface area contributed by atoms with Crippen LogP contribution in [-0.4, -0.2) is 68.5 Å². The number of hydrogen-bond donors (Lipinski definition) is 1. The van der Waals surface area contributed by atoms with Crippen molar-refractivity contribution in [3.05, 3.63) is 29.3 Å². The Hall–Kier alpha value is -2.12. The molecule has 1 N–H and O–H groups in total. The molecule has 7 heteroatoms. The van der Waals surface area contributed by atoms with E-state index < -0.39 is 5.92 Å². The van der Waals surface area contributed by atoms with Crippen molar-refractivity contribution in [1.82, 2.24) is 4.90 Å². The average molecular weight is 367 g/mol. The Morgan fingerprint density at radius 3 is 2.62 bits per heavy atom. The van der Waals surface area contributed by atoms with Crippen LogP contribution in [0.2, 0.25) is 0 Å². The Bertz CT molecular complexity index is 589. The predicted octanol–water partition coefficient (Wildman–Crippen LogP) is 1.33. The van der Waals surface area contributed by atoms with Gasteiger partial charge in [0, 0.05) is 13.1 Å². The standard InChI is InChI=1S/C19H29NO6/c1-14-6-5-7-17(16(14)3)26-13-18(22)20(8-10-25-11-9-21)12-15(2)19(23)24-4/h5-7,15,21H,8-13H2,1-4H3. The predicted molar refractivity (Wildman–Crippen MR) is 97.1 cm³/mol. The highest BCUT2D eigenvalue weighted by Crippen LogP contribution is 2.20. The summed E-state index contributed by atoms with van der Waals surface area (Å²) in [7, 11) is 1.32. The third kappa shape index (κ3) is 7.01. The van der Waals surface area contributed by atoms with Gasteiger partial charge >= 0.3 is 5.97 Å². The number of aliphatic hydroxyl groups excluding tert-OH is 1. The van der Waals surface area contributed by atoms with E-state index in [9.17, 15) is 9.59 Å². The molecule has 7 nitrogen and oxygen atoms in total. The van der Waals surface area contributed by atoms with Gasteiger partial charge in [-0.2, -0.15) is 0 Å². The average Bonchev–Trinajstić information content (AvgIpc) is 2.64. The number of amides is 1. The van der Waals surface area contributed by atoms with Gasteiger partial charge in [-0.3, -0.25) is 9.59 Å². The molecule has 0 spiro atoms. The Morgan fingerprint density at radius 1 is 1.23 bits per heavy atom. The number of ether oxygens (including phenoxy) is 3. The smallest absolute Gasteiger partial charge is 0.310 e. The van der Waals surface area contributed by atoms with Crippen molar-refractivity contribution in [3.8, 4) is 5.75 Å². The normalized spacial score (nSPS) is 11.7. The maximum absolute atomic E-state index is 12.6. The fraction of sp³-hybridized carbons (Fsp3) is 0.579. The largest absolute Gasteiger partial charge is 0.483 e. The van der Waals surface area contributed by atoms with E-state index in [4.69, 9.17) is 19.3 Å². The number of nitrogens with zero attached hydrogens (tertiary/aromatic N) is 1. The van der Waals surface area contributed by atoms with Gasteiger partial charge in [-0.15, -0.1) is 0 Å². The van der Waals surface area contributed by atoms with Crippen molar-refractivity contribution in [1.29, 1.82) is 0 Å². The summed E-state index contributed by atoms with van der Waals surface area (Å²) in [4.78, 5) is 25.7. The van der Waals surface area contributed by atoms with Gasteiger partial charge in [-0.25, -0.2) is 0 Å². The first-order valence-electron chi connectivity index (χ1n) is 8.63. The Balaban J connectivity index is 2.69. The highest BCUT2D eigenvalue weighted by molar-refractivity contribution is 5.79. The minimum Gasteiger partial charge on any atom is -0.483 e. The van der Waals surface area contributed by atoms with Crippen LogP contribution in [0.25, 0.3) is 0 Å². The van der Waals surface area contributed by atoms with Crippen LogP contribution in [0.3, 0.4) is 0 Å². The van der Waals surface area contributed by atoms with Crippen LogP contribution >= 0.6 is 0 Å². The van der Waals surface area contributed by atoms with E-state index in [0.717, 1.165) is 11.1 Å². The first-order valence-corrected chi connectivity index (χ1v) is 8.63. The molecule has 0 fully saturated rings. The zero-order chi connectivity index (χ0) is 19.5. The van der Waals surface area contributed by atoms with Crippen LogP contribution in [0.15, 0.2) is 18.2 Å². The molecule has 0 radical (unpaired) electrons. The first kappa shape index (κ1) is 21.9. The number of carbonyl (C=O) groups is 2. The number of methoxy groups -OCH3 is 1. The number of hydrogen-bond acceptors (Lipinski definition) is 6. The van der Waals surface area contributed by atoms with Crippen molar-refractivity contribution in [2.75, 3.05) is 46.6 Å². The van der Waals surface area contributed by atoms with E-state index >= 15 is 0 Å².